The summed E-state index contributed by atoms with van der Waals surface area (Å²) in [5.74, 6) is 0. The van der Waals surface area contributed by atoms with Gasteiger partial charge in [-0.05, 0) is 0 Å². The Balaban J connectivity index is 0. The summed E-state index contributed by atoms with van der Waals surface area (Å²) >= 11 is 19.1. The summed E-state index contributed by atoms with van der Waals surface area (Å²) < 4.78 is 0. The molecule has 0 saturated carbocycles. The maximum absolute atomic E-state index is 4.76. The molecule has 0 nitrogen and oxygen atoms in total. The van der Waals surface area contributed by atoms with Crippen LogP contribution < -0.4 is 0 Å². The molecule has 0 aliphatic rings. The van der Waals surface area contributed by atoms with Crippen molar-refractivity contribution in [1.29, 1.82) is 0 Å². The maximum atomic E-state index is 4.76. The van der Waals surface area contributed by atoms with Crippen molar-refractivity contribution in [2.24, 2.45) is 0 Å². The molecule has 0 fully saturated rings. The second-order valence-electron chi connectivity index (χ2n) is 0.202. The highest BCUT2D eigenvalue weighted by molar-refractivity contribution is 6.40. The van der Waals surface area contributed by atoms with Crippen LogP contribution in [0.1, 0.15) is 0 Å². The highest BCUT2D eigenvalue weighted by Gasteiger charge is 1.42. The van der Waals surface area contributed by atoms with Crippen LogP contribution in [0.4, 0.5) is 0 Å². The first-order valence-electron chi connectivity index (χ1n) is 1.07. The van der Waals surface area contributed by atoms with Gasteiger partial charge in [-0.25, -0.2) is 0 Å². The third-order valence-electron chi connectivity index (χ3n) is 0. The van der Waals surface area contributed by atoms with Gasteiger partial charge >= 0.3 is 0 Å². The minimum atomic E-state index is 0.194. The lowest BCUT2D eigenvalue weighted by Gasteiger charge is -1.42. The SMILES string of the molecule is ClCCl.ClCCl. The zero-order valence-corrected chi connectivity index (χ0v) is 5.95. The number of rotatable bonds is 0. The van der Waals surface area contributed by atoms with Crippen molar-refractivity contribution in [3.05, 3.63) is 0 Å². The molecular formula is C2H4Cl4. The minimum absolute atomic E-state index is 0.194. The van der Waals surface area contributed by atoms with E-state index in [0.717, 1.165) is 0 Å². The average molecular weight is 170 g/mol. The normalized spacial score (nSPS) is 6.00. The molecule has 0 amide bonds. The van der Waals surface area contributed by atoms with Crippen molar-refractivity contribution < 1.29 is 0 Å². The van der Waals surface area contributed by atoms with Gasteiger partial charge in [0.1, 0.15) is 0 Å². The fourth-order valence-electron chi connectivity index (χ4n) is 0. The quantitative estimate of drug-likeness (QED) is 0.490. The van der Waals surface area contributed by atoms with Gasteiger partial charge in [-0.15, -0.1) is 46.4 Å². The molecule has 0 aromatic heterocycles. The van der Waals surface area contributed by atoms with Crippen LogP contribution in [0.2, 0.25) is 0 Å². The zero-order chi connectivity index (χ0) is 5.41. The number of hydrogen-bond acceptors (Lipinski definition) is 0. The average Bonchev–Trinajstić information content (AvgIpc) is 1.39. The van der Waals surface area contributed by atoms with Crippen LogP contribution in [-0.4, -0.2) is 10.7 Å². The molecule has 0 unspecified atom stereocenters. The van der Waals surface area contributed by atoms with Crippen molar-refractivity contribution >= 4 is 46.4 Å². The van der Waals surface area contributed by atoms with E-state index >= 15 is 0 Å². The minimum Gasteiger partial charge on any atom is -0.109 e. The molecule has 4 heteroatoms. The zero-order valence-electron chi connectivity index (χ0n) is 2.93. The van der Waals surface area contributed by atoms with E-state index in [-0.39, 0.29) is 10.7 Å². The summed E-state index contributed by atoms with van der Waals surface area (Å²) in [4.78, 5) is 0. The molecule has 0 heterocycles. The fraction of sp³-hybridized carbons (Fsp3) is 1.00. The molecule has 0 spiro atoms. The topological polar surface area (TPSA) is 0 Å². The largest absolute Gasteiger partial charge is 0.109 e. The van der Waals surface area contributed by atoms with Gasteiger partial charge < -0.3 is 0 Å². The predicted octanol–water partition coefficient (Wildman–Crippen LogP) is 2.84. The van der Waals surface area contributed by atoms with Crippen LogP contribution in [0.25, 0.3) is 0 Å². The Morgan fingerprint density at radius 2 is 0.667 bits per heavy atom. The molecule has 6 heavy (non-hydrogen) atoms. The van der Waals surface area contributed by atoms with E-state index in [9.17, 15) is 0 Å². The molecule has 0 N–H and O–H groups in total. The first-order valence-corrected chi connectivity index (χ1v) is 3.21. The Kier molecular flexibility index (Phi) is 27.9. The monoisotopic (exact) mass is 168 g/mol. The highest BCUT2D eigenvalue weighted by atomic mass is 35.5. The smallest absolute Gasteiger partial charge is 0.0967 e. The molecule has 0 saturated heterocycles. The molecule has 0 aromatic carbocycles. The van der Waals surface area contributed by atoms with E-state index in [1.165, 1.54) is 0 Å². The predicted molar refractivity (Wildman–Crippen MR) is 33.1 cm³/mol. The highest BCUT2D eigenvalue weighted by Crippen LogP contribution is 1.73. The Morgan fingerprint density at radius 1 is 0.667 bits per heavy atom. The lowest BCUT2D eigenvalue weighted by molar-refractivity contribution is 2.20. The molecule has 0 bridgehead atoms. The van der Waals surface area contributed by atoms with Gasteiger partial charge in [0.25, 0.3) is 0 Å². The molecular weight excluding hydrogens is 166 g/mol. The molecule has 40 valence electrons. The third kappa shape index (κ3) is 66.4. The van der Waals surface area contributed by atoms with Crippen molar-refractivity contribution in [1.82, 2.24) is 0 Å². The Hall–Kier alpha value is 1.16. The number of halogens is 4. The van der Waals surface area contributed by atoms with Crippen LogP contribution >= 0.6 is 46.4 Å². The summed E-state index contributed by atoms with van der Waals surface area (Å²) in [7, 11) is 0. The van der Waals surface area contributed by atoms with Crippen LogP contribution in [-0.2, 0) is 0 Å². The van der Waals surface area contributed by atoms with Crippen LogP contribution in [0, 0.1) is 0 Å². The van der Waals surface area contributed by atoms with Gasteiger partial charge in [0.2, 0.25) is 0 Å². The number of alkyl halides is 4. The molecule has 0 aliphatic carbocycles. The van der Waals surface area contributed by atoms with Gasteiger partial charge in [-0.3, -0.25) is 0 Å². The Morgan fingerprint density at radius 3 is 0.667 bits per heavy atom. The molecule has 0 radical (unpaired) electrons. The van der Waals surface area contributed by atoms with Crippen LogP contribution in [0.15, 0.2) is 0 Å². The lowest BCUT2D eigenvalue weighted by Crippen LogP contribution is -1.24. The lowest BCUT2D eigenvalue weighted by atomic mass is 11.9. The van der Waals surface area contributed by atoms with Crippen molar-refractivity contribution in [2.75, 3.05) is 10.7 Å². The van der Waals surface area contributed by atoms with E-state index in [1.807, 2.05) is 0 Å². The Labute approximate surface area is 57.3 Å². The summed E-state index contributed by atoms with van der Waals surface area (Å²) in [6.45, 7) is 0. The van der Waals surface area contributed by atoms with Crippen molar-refractivity contribution in [3.63, 3.8) is 0 Å². The van der Waals surface area contributed by atoms with Crippen molar-refractivity contribution in [2.45, 2.75) is 0 Å². The van der Waals surface area contributed by atoms with Gasteiger partial charge in [0.05, 0.1) is 10.7 Å². The van der Waals surface area contributed by atoms with Crippen molar-refractivity contribution in [3.8, 4) is 0 Å². The summed E-state index contributed by atoms with van der Waals surface area (Å²) in [5.41, 5.74) is 0. The molecule has 0 atom stereocenters. The molecule has 0 aliphatic heterocycles. The standard InChI is InChI=1S/2CH2Cl2/c2*2-1-3/h2*1H2. The van der Waals surface area contributed by atoms with Gasteiger partial charge in [0, 0.05) is 0 Å². The van der Waals surface area contributed by atoms with Crippen LogP contribution in [0.5, 0.6) is 0 Å². The second kappa shape index (κ2) is 16.4. The van der Waals surface area contributed by atoms with Gasteiger partial charge in [-0.2, -0.15) is 0 Å². The van der Waals surface area contributed by atoms with Gasteiger partial charge in [0.15, 0.2) is 0 Å². The van der Waals surface area contributed by atoms with E-state index < -0.39 is 0 Å². The van der Waals surface area contributed by atoms with E-state index in [0.29, 0.717) is 0 Å². The number of hydrogen-bond donors (Lipinski definition) is 0. The van der Waals surface area contributed by atoms with E-state index in [4.69, 9.17) is 46.4 Å². The first kappa shape index (κ1) is 10.2. The van der Waals surface area contributed by atoms with E-state index in [1.54, 1.807) is 0 Å². The molecule has 0 aromatic rings. The second-order valence-corrected chi connectivity index (χ2v) is 1.82. The third-order valence-corrected chi connectivity index (χ3v) is 0. The maximum Gasteiger partial charge on any atom is 0.0967 e. The summed E-state index contributed by atoms with van der Waals surface area (Å²) in [6, 6.07) is 0. The fourth-order valence-corrected chi connectivity index (χ4v) is 0. The molecule has 0 rings (SSSR count). The van der Waals surface area contributed by atoms with Gasteiger partial charge in [-0.1, -0.05) is 0 Å². The first-order chi connectivity index (χ1) is 2.83. The summed E-state index contributed by atoms with van der Waals surface area (Å²) in [6.07, 6.45) is 0. The van der Waals surface area contributed by atoms with Crippen LogP contribution in [0.3, 0.4) is 0 Å². The van der Waals surface area contributed by atoms with E-state index in [2.05, 4.69) is 0 Å². The Bertz CT molecular complexity index is 7.51. The summed E-state index contributed by atoms with van der Waals surface area (Å²) in [5, 5.41) is 0.389.